The van der Waals surface area contributed by atoms with Crippen molar-refractivity contribution >= 4 is 10.9 Å². The van der Waals surface area contributed by atoms with Crippen molar-refractivity contribution < 1.29 is 5.11 Å². The van der Waals surface area contributed by atoms with Gasteiger partial charge < -0.3 is 9.67 Å². The fourth-order valence-electron chi connectivity index (χ4n) is 2.38. The Bertz CT molecular complexity index is 605. The molecule has 0 aliphatic rings. The maximum Gasteiger partial charge on any atom is 0.0702 e. The summed E-state index contributed by atoms with van der Waals surface area (Å²) in [5.41, 5.74) is 1.86. The predicted octanol–water partition coefficient (Wildman–Crippen LogP) is 3.46. The number of benzene rings is 1. The van der Waals surface area contributed by atoms with Crippen molar-refractivity contribution in [2.24, 2.45) is 5.41 Å². The number of aromatic nitrogens is 1. The Balaban J connectivity index is 2.16. The van der Waals surface area contributed by atoms with E-state index in [2.05, 4.69) is 16.7 Å². The molecule has 0 saturated heterocycles. The second-order valence-corrected chi connectivity index (χ2v) is 5.62. The van der Waals surface area contributed by atoms with Crippen LogP contribution in [0.15, 0.2) is 30.5 Å². The summed E-state index contributed by atoms with van der Waals surface area (Å²) in [4.78, 5) is 0. The molecular weight excluding hydrogens is 236 g/mol. The summed E-state index contributed by atoms with van der Waals surface area (Å²) in [6.07, 6.45) is 3.86. The highest BCUT2D eigenvalue weighted by molar-refractivity contribution is 5.83. The highest BCUT2D eigenvalue weighted by Crippen LogP contribution is 2.24. The van der Waals surface area contributed by atoms with E-state index in [4.69, 9.17) is 5.26 Å². The van der Waals surface area contributed by atoms with Gasteiger partial charge in [0.1, 0.15) is 0 Å². The van der Waals surface area contributed by atoms with Crippen LogP contribution >= 0.6 is 0 Å². The highest BCUT2D eigenvalue weighted by atomic mass is 16.3. The number of rotatable bonds is 5. The number of para-hydroxylation sites is 1. The van der Waals surface area contributed by atoms with Gasteiger partial charge in [-0.2, -0.15) is 5.26 Å². The summed E-state index contributed by atoms with van der Waals surface area (Å²) in [6, 6.07) is 10.4. The molecule has 1 aromatic carbocycles. The Labute approximate surface area is 114 Å². The van der Waals surface area contributed by atoms with Gasteiger partial charge in [-0.25, -0.2) is 0 Å². The van der Waals surface area contributed by atoms with E-state index in [9.17, 15) is 5.11 Å². The summed E-state index contributed by atoms with van der Waals surface area (Å²) in [7, 11) is 0. The molecule has 0 aliphatic heterocycles. The van der Waals surface area contributed by atoms with Gasteiger partial charge >= 0.3 is 0 Å². The van der Waals surface area contributed by atoms with E-state index in [1.807, 2.05) is 38.2 Å². The van der Waals surface area contributed by atoms with E-state index in [0.717, 1.165) is 35.9 Å². The molecule has 0 saturated carbocycles. The van der Waals surface area contributed by atoms with Crippen molar-refractivity contribution in [3.8, 4) is 6.07 Å². The topological polar surface area (TPSA) is 49.0 Å². The van der Waals surface area contributed by atoms with Crippen LogP contribution in [0, 0.1) is 16.7 Å². The molecule has 0 aliphatic carbocycles. The average Bonchev–Trinajstić information content (AvgIpc) is 2.77. The first-order chi connectivity index (χ1) is 9.07. The van der Waals surface area contributed by atoms with Gasteiger partial charge in [0.05, 0.1) is 18.1 Å². The molecule has 0 fully saturated rings. The Kier molecular flexibility index (Phi) is 3.92. The second kappa shape index (κ2) is 5.46. The number of aryl methyl sites for hydroxylation is 1. The van der Waals surface area contributed by atoms with Crippen LogP contribution in [0.3, 0.4) is 0 Å². The molecule has 2 aromatic rings. The number of aliphatic hydroxyl groups excluding tert-OH is 1. The minimum Gasteiger partial charge on any atom is -0.392 e. The van der Waals surface area contributed by atoms with Crippen LogP contribution in [0.25, 0.3) is 10.9 Å². The first-order valence-corrected chi connectivity index (χ1v) is 6.66. The Hall–Kier alpha value is -1.79. The van der Waals surface area contributed by atoms with E-state index < -0.39 is 0 Å². The largest absolute Gasteiger partial charge is 0.392 e. The van der Waals surface area contributed by atoms with Gasteiger partial charge in [0.2, 0.25) is 0 Å². The normalized spacial score (nSPS) is 11.7. The summed E-state index contributed by atoms with van der Waals surface area (Å²) < 4.78 is 2.17. The fraction of sp³-hybridized carbons (Fsp3) is 0.438. The molecule has 1 heterocycles. The van der Waals surface area contributed by atoms with Crippen molar-refractivity contribution in [1.29, 1.82) is 5.26 Å². The van der Waals surface area contributed by atoms with Gasteiger partial charge in [-0.05, 0) is 32.8 Å². The zero-order chi connectivity index (χ0) is 13.9. The monoisotopic (exact) mass is 256 g/mol. The molecule has 0 spiro atoms. The maximum absolute atomic E-state index is 9.39. The maximum atomic E-state index is 9.39. The Morgan fingerprint density at radius 2 is 2.05 bits per heavy atom. The van der Waals surface area contributed by atoms with Crippen LogP contribution in [0.5, 0.6) is 0 Å². The standard InChI is InChI=1S/C16H20N2O/c1-16(2,12-17)8-5-9-18-10-13(11-19)14-6-3-4-7-15(14)18/h3-4,6-7,10,19H,5,8-9,11H2,1-2H3. The van der Waals surface area contributed by atoms with E-state index >= 15 is 0 Å². The Morgan fingerprint density at radius 1 is 1.32 bits per heavy atom. The van der Waals surface area contributed by atoms with E-state index in [0.29, 0.717) is 0 Å². The number of hydrogen-bond acceptors (Lipinski definition) is 2. The number of nitriles is 1. The molecule has 0 atom stereocenters. The molecule has 1 aromatic heterocycles. The molecule has 0 radical (unpaired) electrons. The van der Waals surface area contributed by atoms with E-state index in [1.165, 1.54) is 0 Å². The molecule has 0 unspecified atom stereocenters. The number of hydrogen-bond donors (Lipinski definition) is 1. The lowest BCUT2D eigenvalue weighted by molar-refractivity contribution is 0.283. The van der Waals surface area contributed by atoms with Crippen molar-refractivity contribution in [2.45, 2.75) is 39.8 Å². The van der Waals surface area contributed by atoms with Crippen LogP contribution in [0.1, 0.15) is 32.3 Å². The SMILES string of the molecule is CC(C)(C#N)CCCn1cc(CO)c2ccccc21. The van der Waals surface area contributed by atoms with Gasteiger partial charge in [0, 0.05) is 29.2 Å². The third-order valence-corrected chi connectivity index (χ3v) is 3.54. The predicted molar refractivity (Wildman–Crippen MR) is 76.5 cm³/mol. The number of nitrogens with zero attached hydrogens (tertiary/aromatic N) is 2. The third kappa shape index (κ3) is 2.97. The Morgan fingerprint density at radius 3 is 2.74 bits per heavy atom. The van der Waals surface area contributed by atoms with Gasteiger partial charge in [0.15, 0.2) is 0 Å². The molecule has 19 heavy (non-hydrogen) atoms. The molecule has 2 rings (SSSR count). The van der Waals surface area contributed by atoms with Crippen molar-refractivity contribution in [1.82, 2.24) is 4.57 Å². The lowest BCUT2D eigenvalue weighted by atomic mass is 9.90. The summed E-state index contributed by atoms with van der Waals surface area (Å²) in [5, 5.41) is 19.5. The minimum absolute atomic E-state index is 0.0667. The van der Waals surface area contributed by atoms with Crippen LogP contribution in [0.4, 0.5) is 0 Å². The quantitative estimate of drug-likeness (QED) is 0.890. The van der Waals surface area contributed by atoms with Gasteiger partial charge in [-0.3, -0.25) is 0 Å². The van der Waals surface area contributed by atoms with Crippen LogP contribution in [0.2, 0.25) is 0 Å². The van der Waals surface area contributed by atoms with Crippen LogP contribution in [-0.2, 0) is 13.2 Å². The lowest BCUT2D eigenvalue weighted by Crippen LogP contribution is -2.09. The number of fused-ring (bicyclic) bond motifs is 1. The van der Waals surface area contributed by atoms with E-state index in [-0.39, 0.29) is 12.0 Å². The fourth-order valence-corrected chi connectivity index (χ4v) is 2.38. The van der Waals surface area contributed by atoms with Crippen molar-refractivity contribution in [2.75, 3.05) is 0 Å². The van der Waals surface area contributed by atoms with Crippen molar-refractivity contribution in [3.05, 3.63) is 36.0 Å². The molecule has 3 nitrogen and oxygen atoms in total. The summed E-state index contributed by atoms with van der Waals surface area (Å²) in [6.45, 7) is 4.89. The number of aliphatic hydroxyl groups is 1. The van der Waals surface area contributed by atoms with Crippen LogP contribution < -0.4 is 0 Å². The van der Waals surface area contributed by atoms with Gasteiger partial charge in [0.25, 0.3) is 0 Å². The van der Waals surface area contributed by atoms with Gasteiger partial charge in [-0.15, -0.1) is 0 Å². The van der Waals surface area contributed by atoms with E-state index in [1.54, 1.807) is 0 Å². The third-order valence-electron chi connectivity index (χ3n) is 3.54. The molecule has 0 amide bonds. The minimum atomic E-state index is -0.261. The first kappa shape index (κ1) is 13.6. The smallest absolute Gasteiger partial charge is 0.0702 e. The highest BCUT2D eigenvalue weighted by Gasteiger charge is 2.16. The molecule has 1 N–H and O–H groups in total. The second-order valence-electron chi connectivity index (χ2n) is 5.62. The molecule has 0 bridgehead atoms. The zero-order valence-electron chi connectivity index (χ0n) is 11.6. The molecule has 100 valence electrons. The molecule has 3 heteroatoms. The lowest BCUT2D eigenvalue weighted by Gasteiger charge is -2.15. The van der Waals surface area contributed by atoms with Crippen LogP contribution in [-0.4, -0.2) is 9.67 Å². The van der Waals surface area contributed by atoms with Crippen molar-refractivity contribution in [3.63, 3.8) is 0 Å². The van der Waals surface area contributed by atoms with Gasteiger partial charge in [-0.1, -0.05) is 18.2 Å². The summed E-state index contributed by atoms with van der Waals surface area (Å²) in [5.74, 6) is 0. The first-order valence-electron chi connectivity index (χ1n) is 6.66. The summed E-state index contributed by atoms with van der Waals surface area (Å²) >= 11 is 0. The zero-order valence-corrected chi connectivity index (χ0v) is 11.6. The average molecular weight is 256 g/mol. The molecular formula is C16H20N2O.